The highest BCUT2D eigenvalue weighted by molar-refractivity contribution is 7.78. The first-order valence-corrected chi connectivity index (χ1v) is 12.1. The number of phenols is 1. The number of hydrogen-bond donors (Lipinski definition) is 1. The van der Waals surface area contributed by atoms with Gasteiger partial charge in [-0.05, 0) is 40.3 Å². The van der Waals surface area contributed by atoms with Gasteiger partial charge in [0.15, 0.2) is 0 Å². The molecule has 1 atom stereocenters. The molecule has 3 heteroatoms. The molecule has 0 heterocycles. The van der Waals surface area contributed by atoms with Crippen LogP contribution in [0.2, 0.25) is 0 Å². The van der Waals surface area contributed by atoms with Crippen molar-refractivity contribution in [2.24, 2.45) is 0 Å². The van der Waals surface area contributed by atoms with Gasteiger partial charge in [-0.3, -0.25) is 0 Å². The largest absolute Gasteiger partial charge is 0.507 e. The summed E-state index contributed by atoms with van der Waals surface area (Å²) in [5.41, 5.74) is 1.58. The van der Waals surface area contributed by atoms with Gasteiger partial charge in [0.1, 0.15) is 12.9 Å². The first-order valence-electron chi connectivity index (χ1n) is 9.94. The van der Waals surface area contributed by atoms with E-state index in [1.165, 1.54) is 0 Å². The summed E-state index contributed by atoms with van der Waals surface area (Å²) in [4.78, 5) is 0. The zero-order valence-electron chi connectivity index (χ0n) is 16.6. The molecule has 5 rings (SSSR count). The van der Waals surface area contributed by atoms with Gasteiger partial charge in [0.05, 0.1) is 0 Å². The molecular formula is C27H21O2P. The van der Waals surface area contributed by atoms with Crippen molar-refractivity contribution in [1.82, 2.24) is 0 Å². The summed E-state index contributed by atoms with van der Waals surface area (Å²) in [6.07, 6.45) is 0. The summed E-state index contributed by atoms with van der Waals surface area (Å²) in [6.45, 7) is 1.82. The van der Waals surface area contributed by atoms with Gasteiger partial charge >= 0.3 is 0 Å². The van der Waals surface area contributed by atoms with Gasteiger partial charge in [0.2, 0.25) is 0 Å². The third kappa shape index (κ3) is 2.93. The summed E-state index contributed by atoms with van der Waals surface area (Å²) in [6, 6.07) is 33.3. The van der Waals surface area contributed by atoms with Crippen molar-refractivity contribution in [3.63, 3.8) is 0 Å². The van der Waals surface area contributed by atoms with E-state index >= 15 is 0 Å². The minimum Gasteiger partial charge on any atom is -0.507 e. The van der Waals surface area contributed by atoms with Crippen molar-refractivity contribution < 1.29 is 9.67 Å². The number of fused-ring (bicyclic) bond motifs is 2. The van der Waals surface area contributed by atoms with E-state index in [2.05, 4.69) is 0 Å². The van der Waals surface area contributed by atoms with Crippen LogP contribution in [0.3, 0.4) is 0 Å². The van der Waals surface area contributed by atoms with Gasteiger partial charge in [-0.2, -0.15) is 0 Å². The zero-order chi connectivity index (χ0) is 20.7. The molecule has 0 aliphatic rings. The molecule has 0 spiro atoms. The van der Waals surface area contributed by atoms with E-state index in [-0.39, 0.29) is 5.75 Å². The van der Waals surface area contributed by atoms with E-state index < -0.39 is 7.14 Å². The predicted molar refractivity (Wildman–Crippen MR) is 128 cm³/mol. The van der Waals surface area contributed by atoms with Crippen LogP contribution in [0.1, 0.15) is 0 Å². The Bertz CT molecular complexity index is 1440. The zero-order valence-corrected chi connectivity index (χ0v) is 17.5. The molecule has 0 radical (unpaired) electrons. The van der Waals surface area contributed by atoms with E-state index in [9.17, 15) is 9.67 Å². The van der Waals surface area contributed by atoms with Crippen molar-refractivity contribution in [2.45, 2.75) is 0 Å². The molecule has 0 bridgehead atoms. The Morgan fingerprint density at radius 2 is 1.13 bits per heavy atom. The van der Waals surface area contributed by atoms with Crippen molar-refractivity contribution in [2.75, 3.05) is 6.66 Å². The first-order chi connectivity index (χ1) is 14.6. The lowest BCUT2D eigenvalue weighted by Crippen LogP contribution is -2.17. The number of rotatable bonds is 3. The van der Waals surface area contributed by atoms with Crippen molar-refractivity contribution in [3.05, 3.63) is 103 Å². The van der Waals surface area contributed by atoms with Crippen LogP contribution < -0.4 is 10.6 Å². The lowest BCUT2D eigenvalue weighted by Gasteiger charge is -2.22. The molecule has 0 aliphatic carbocycles. The fourth-order valence-corrected chi connectivity index (χ4v) is 6.29. The van der Waals surface area contributed by atoms with E-state index in [0.29, 0.717) is 0 Å². The Balaban J connectivity index is 1.95. The quantitative estimate of drug-likeness (QED) is 0.355. The van der Waals surface area contributed by atoms with Crippen LogP contribution >= 0.6 is 7.14 Å². The maximum absolute atomic E-state index is 14.2. The molecule has 5 aromatic carbocycles. The Morgan fingerprint density at radius 1 is 0.600 bits per heavy atom. The third-order valence-corrected chi connectivity index (χ3v) is 8.35. The van der Waals surface area contributed by atoms with Crippen molar-refractivity contribution in [3.8, 4) is 16.9 Å². The SMILES string of the molecule is CP(=O)(c1ccccc1)c1ccc2ccccc2c1-c1c(O)ccc2ccccc12. The third-order valence-electron chi connectivity index (χ3n) is 5.77. The van der Waals surface area contributed by atoms with E-state index in [1.807, 2.05) is 104 Å². The number of hydrogen-bond acceptors (Lipinski definition) is 2. The summed E-state index contributed by atoms with van der Waals surface area (Å²) in [5, 5.41) is 16.6. The minimum absolute atomic E-state index is 0.194. The standard InChI is InChI=1S/C27H21O2P/c1-30(29,21-11-3-2-4-12-21)25-18-16-20-10-6-8-14-23(20)27(25)26-22-13-7-5-9-19(22)15-17-24(26)28/h2-18,28H,1H3. The summed E-state index contributed by atoms with van der Waals surface area (Å²) in [7, 11) is -2.91. The molecule has 1 unspecified atom stereocenters. The maximum Gasteiger partial charge on any atom is 0.140 e. The number of benzene rings is 5. The molecule has 0 fully saturated rings. The van der Waals surface area contributed by atoms with Crippen molar-refractivity contribution in [1.29, 1.82) is 0 Å². The van der Waals surface area contributed by atoms with Crippen LogP contribution in [0.15, 0.2) is 103 Å². The molecule has 0 amide bonds. The van der Waals surface area contributed by atoms with Crippen LogP contribution in [0.4, 0.5) is 0 Å². The first kappa shape index (κ1) is 18.7. The molecular weight excluding hydrogens is 387 g/mol. The van der Waals surface area contributed by atoms with Crippen molar-refractivity contribution >= 4 is 39.3 Å². The van der Waals surface area contributed by atoms with Gasteiger partial charge in [-0.25, -0.2) is 0 Å². The van der Waals surface area contributed by atoms with Crippen LogP contribution in [-0.4, -0.2) is 11.8 Å². The van der Waals surface area contributed by atoms with Crippen LogP contribution in [-0.2, 0) is 4.57 Å². The van der Waals surface area contributed by atoms with Crippen LogP contribution in [0.25, 0.3) is 32.7 Å². The Labute approximate surface area is 175 Å². The summed E-state index contributed by atoms with van der Waals surface area (Å²) < 4.78 is 14.2. The minimum atomic E-state index is -2.91. The molecule has 146 valence electrons. The van der Waals surface area contributed by atoms with E-state index in [0.717, 1.165) is 43.3 Å². The van der Waals surface area contributed by atoms with Gasteiger partial charge in [0.25, 0.3) is 0 Å². The average Bonchev–Trinajstić information content (AvgIpc) is 2.79. The van der Waals surface area contributed by atoms with E-state index in [1.54, 1.807) is 6.07 Å². The van der Waals surface area contributed by atoms with Crippen LogP contribution in [0.5, 0.6) is 5.75 Å². The Morgan fingerprint density at radius 3 is 1.80 bits per heavy atom. The summed E-state index contributed by atoms with van der Waals surface area (Å²) >= 11 is 0. The second-order valence-corrected chi connectivity index (χ2v) is 10.5. The topological polar surface area (TPSA) is 37.3 Å². The summed E-state index contributed by atoms with van der Waals surface area (Å²) in [5.74, 6) is 0.194. The molecule has 1 N–H and O–H groups in total. The van der Waals surface area contributed by atoms with Gasteiger partial charge in [0, 0.05) is 21.7 Å². The monoisotopic (exact) mass is 408 g/mol. The Hall–Kier alpha value is -3.35. The smallest absolute Gasteiger partial charge is 0.140 e. The molecule has 0 saturated heterocycles. The molecule has 0 aliphatic heterocycles. The molecule has 0 saturated carbocycles. The fourth-order valence-electron chi connectivity index (χ4n) is 4.25. The second kappa shape index (κ2) is 7.16. The lowest BCUT2D eigenvalue weighted by atomic mass is 9.93. The van der Waals surface area contributed by atoms with Gasteiger partial charge in [-0.15, -0.1) is 0 Å². The van der Waals surface area contributed by atoms with Gasteiger partial charge in [-0.1, -0.05) is 91.0 Å². The molecule has 0 aromatic heterocycles. The lowest BCUT2D eigenvalue weighted by molar-refractivity contribution is 0.478. The predicted octanol–water partition coefficient (Wildman–Crippen LogP) is 6.31. The molecule has 5 aromatic rings. The Kier molecular flexibility index (Phi) is 4.46. The average molecular weight is 408 g/mol. The highest BCUT2D eigenvalue weighted by atomic mass is 31.2. The molecule has 2 nitrogen and oxygen atoms in total. The number of aromatic hydroxyl groups is 1. The molecule has 30 heavy (non-hydrogen) atoms. The van der Waals surface area contributed by atoms with Gasteiger partial charge < -0.3 is 9.67 Å². The maximum atomic E-state index is 14.2. The highest BCUT2D eigenvalue weighted by Crippen LogP contribution is 2.47. The normalized spacial score (nSPS) is 13.4. The number of phenolic OH excluding ortho intramolecular Hbond substituents is 1. The highest BCUT2D eigenvalue weighted by Gasteiger charge is 2.27. The fraction of sp³-hybridized carbons (Fsp3) is 0.0370. The second-order valence-electron chi connectivity index (χ2n) is 7.62. The van der Waals surface area contributed by atoms with Crippen LogP contribution in [0, 0.1) is 0 Å². The van der Waals surface area contributed by atoms with E-state index in [4.69, 9.17) is 0 Å².